The van der Waals surface area contributed by atoms with Gasteiger partial charge in [0.2, 0.25) is 0 Å². The normalized spacial score (nSPS) is 24.5. The Hall–Kier alpha value is -2.55. The van der Waals surface area contributed by atoms with E-state index in [-0.39, 0.29) is 17.8 Å². The molecule has 0 radical (unpaired) electrons. The van der Waals surface area contributed by atoms with Gasteiger partial charge in [0.1, 0.15) is 5.60 Å². The summed E-state index contributed by atoms with van der Waals surface area (Å²) in [6.45, 7) is 9.17. The summed E-state index contributed by atoms with van der Waals surface area (Å²) in [7, 11) is 1.46. The zero-order valence-corrected chi connectivity index (χ0v) is 18.7. The Morgan fingerprint density at radius 3 is 2.39 bits per heavy atom. The molecule has 2 atom stereocenters. The maximum absolute atomic E-state index is 12.5. The van der Waals surface area contributed by atoms with Gasteiger partial charge in [-0.15, -0.1) is 0 Å². The molecule has 1 amide bonds. The second-order valence-electron chi connectivity index (χ2n) is 9.70. The zero-order chi connectivity index (χ0) is 22.3. The number of ether oxygens (including phenoxy) is 2. The molecule has 3 fully saturated rings. The van der Waals surface area contributed by atoms with E-state index in [4.69, 9.17) is 9.47 Å². The molecule has 1 aromatic rings. The lowest BCUT2D eigenvalue weighted by Crippen LogP contribution is -2.55. The minimum absolute atomic E-state index is 0.0104. The molecule has 3 aliphatic heterocycles. The van der Waals surface area contributed by atoms with Crippen LogP contribution in [0, 0.1) is 10.1 Å². The van der Waals surface area contributed by atoms with Gasteiger partial charge in [-0.2, -0.15) is 0 Å². The van der Waals surface area contributed by atoms with Crippen LogP contribution in [0.2, 0.25) is 0 Å². The molecule has 0 spiro atoms. The van der Waals surface area contributed by atoms with E-state index in [0.29, 0.717) is 17.8 Å². The number of nitro groups is 1. The third-order valence-corrected chi connectivity index (χ3v) is 6.57. The maximum Gasteiger partial charge on any atom is 0.410 e. The Morgan fingerprint density at radius 1 is 1.13 bits per heavy atom. The molecular weight excluding hydrogens is 400 g/mol. The van der Waals surface area contributed by atoms with Crippen LogP contribution in [0.25, 0.3) is 0 Å². The van der Waals surface area contributed by atoms with Gasteiger partial charge in [0, 0.05) is 62.1 Å². The number of nitro benzene ring substituents is 1. The number of piperidine rings is 1. The number of likely N-dealkylation sites (tertiary alicyclic amines) is 2. The molecule has 3 saturated heterocycles. The molecule has 0 aromatic heterocycles. The fraction of sp³-hybridized carbons (Fsp3) is 0.682. The molecule has 3 heterocycles. The smallest absolute Gasteiger partial charge is 0.410 e. The van der Waals surface area contributed by atoms with Gasteiger partial charge in [-0.1, -0.05) is 0 Å². The van der Waals surface area contributed by atoms with Gasteiger partial charge >= 0.3 is 11.8 Å². The quantitative estimate of drug-likeness (QED) is 0.533. The molecule has 0 aliphatic carbocycles. The molecule has 31 heavy (non-hydrogen) atoms. The summed E-state index contributed by atoms with van der Waals surface area (Å²) in [6, 6.07) is 6.24. The van der Waals surface area contributed by atoms with Crippen molar-refractivity contribution in [3.63, 3.8) is 0 Å². The molecule has 9 heteroatoms. The highest BCUT2D eigenvalue weighted by Gasteiger charge is 2.48. The number of nitrogens with zero attached hydrogens (tertiary/aromatic N) is 4. The summed E-state index contributed by atoms with van der Waals surface area (Å²) < 4.78 is 10.8. The van der Waals surface area contributed by atoms with Crippen LogP contribution < -0.4 is 9.64 Å². The Bertz CT molecular complexity index is 847. The van der Waals surface area contributed by atoms with Gasteiger partial charge in [-0.25, -0.2) is 4.79 Å². The monoisotopic (exact) mass is 432 g/mol. The number of hydrogen-bond donors (Lipinski definition) is 0. The summed E-state index contributed by atoms with van der Waals surface area (Å²) >= 11 is 0. The minimum Gasteiger partial charge on any atom is -0.490 e. The first-order valence-electron chi connectivity index (χ1n) is 11.0. The van der Waals surface area contributed by atoms with Gasteiger partial charge in [0.15, 0.2) is 5.75 Å². The van der Waals surface area contributed by atoms with Crippen molar-refractivity contribution in [2.75, 3.05) is 38.2 Å². The van der Waals surface area contributed by atoms with Gasteiger partial charge in [-0.3, -0.25) is 15.0 Å². The minimum atomic E-state index is -0.466. The van der Waals surface area contributed by atoms with Crippen LogP contribution in [0.3, 0.4) is 0 Å². The number of piperazine rings is 1. The molecule has 0 unspecified atom stereocenters. The molecule has 9 nitrogen and oxygen atoms in total. The number of carbonyl (C=O) groups is 1. The van der Waals surface area contributed by atoms with Crippen LogP contribution >= 0.6 is 0 Å². The fourth-order valence-electron chi connectivity index (χ4n) is 5.16. The summed E-state index contributed by atoms with van der Waals surface area (Å²) in [5, 5.41) is 11.1. The Labute approximate surface area is 183 Å². The topological polar surface area (TPSA) is 88.4 Å². The molecule has 2 bridgehead atoms. The van der Waals surface area contributed by atoms with Crippen LogP contribution in [-0.4, -0.2) is 77.8 Å². The molecule has 4 rings (SSSR count). The first-order chi connectivity index (χ1) is 14.7. The zero-order valence-electron chi connectivity index (χ0n) is 18.7. The molecule has 0 N–H and O–H groups in total. The molecule has 0 saturated carbocycles. The van der Waals surface area contributed by atoms with Gasteiger partial charge in [0.25, 0.3) is 0 Å². The van der Waals surface area contributed by atoms with Crippen LogP contribution in [-0.2, 0) is 4.74 Å². The lowest BCUT2D eigenvalue weighted by atomic mass is 10.0. The third-order valence-electron chi connectivity index (χ3n) is 6.57. The van der Waals surface area contributed by atoms with E-state index in [0.717, 1.165) is 51.1 Å². The maximum atomic E-state index is 12.5. The van der Waals surface area contributed by atoms with E-state index in [1.54, 1.807) is 12.1 Å². The van der Waals surface area contributed by atoms with E-state index in [2.05, 4.69) is 9.80 Å². The first kappa shape index (κ1) is 21.7. The van der Waals surface area contributed by atoms with Crippen LogP contribution in [0.4, 0.5) is 16.2 Å². The highest BCUT2D eigenvalue weighted by molar-refractivity contribution is 5.69. The van der Waals surface area contributed by atoms with Crippen molar-refractivity contribution in [1.82, 2.24) is 9.80 Å². The van der Waals surface area contributed by atoms with E-state index in [1.807, 2.05) is 25.7 Å². The van der Waals surface area contributed by atoms with Crippen LogP contribution in [0.15, 0.2) is 18.2 Å². The number of amides is 1. The van der Waals surface area contributed by atoms with Crippen molar-refractivity contribution in [3.05, 3.63) is 28.3 Å². The SMILES string of the molecule is COc1cc(N2CCC(N3C[C@H]4C[C@@H]3CN4C(=O)OC(C)(C)C)CC2)ccc1[N+](=O)[O-]. The Balaban J connectivity index is 1.33. The van der Waals surface area contributed by atoms with E-state index >= 15 is 0 Å². The predicted molar refractivity (Wildman–Crippen MR) is 117 cm³/mol. The lowest BCUT2D eigenvalue weighted by Gasteiger charge is -2.43. The number of methoxy groups -OCH3 is 1. The first-order valence-corrected chi connectivity index (χ1v) is 11.0. The summed E-state index contributed by atoms with van der Waals surface area (Å²) in [4.78, 5) is 29.9. The van der Waals surface area contributed by atoms with E-state index in [9.17, 15) is 14.9 Å². The second-order valence-corrected chi connectivity index (χ2v) is 9.70. The molecular formula is C22H32N4O5. The summed E-state index contributed by atoms with van der Waals surface area (Å²) in [5.41, 5.74) is 0.482. The predicted octanol–water partition coefficient (Wildman–Crippen LogP) is 3.27. The average Bonchev–Trinajstić information content (AvgIpc) is 3.33. The van der Waals surface area contributed by atoms with Gasteiger partial charge in [0.05, 0.1) is 12.0 Å². The van der Waals surface area contributed by atoms with Crippen molar-refractivity contribution in [2.24, 2.45) is 0 Å². The Morgan fingerprint density at radius 2 is 1.84 bits per heavy atom. The van der Waals surface area contributed by atoms with Crippen molar-refractivity contribution in [1.29, 1.82) is 0 Å². The lowest BCUT2D eigenvalue weighted by molar-refractivity contribution is -0.385. The van der Waals surface area contributed by atoms with Gasteiger partial charge in [-0.05, 0) is 46.1 Å². The van der Waals surface area contributed by atoms with Crippen molar-refractivity contribution < 1.29 is 19.2 Å². The number of fused-ring (bicyclic) bond motifs is 2. The van der Waals surface area contributed by atoms with Crippen LogP contribution in [0.5, 0.6) is 5.75 Å². The standard InChI is InChI=1S/C22H32N4O5/c1-22(2,3)31-21(27)25-14-17-11-18(25)13-24(17)15-7-9-23(10-8-15)16-5-6-19(26(28)29)20(12-16)30-4/h5-6,12,15,17-18H,7-11,13-14H2,1-4H3/t17-,18-/m1/s1. The fourth-order valence-corrected chi connectivity index (χ4v) is 5.16. The summed E-state index contributed by atoms with van der Waals surface area (Å²) in [6.07, 6.45) is 2.91. The largest absolute Gasteiger partial charge is 0.490 e. The summed E-state index contributed by atoms with van der Waals surface area (Å²) in [5.74, 6) is 0.295. The van der Waals surface area contributed by atoms with Crippen molar-refractivity contribution >= 4 is 17.5 Å². The number of carbonyl (C=O) groups excluding carboxylic acids is 1. The molecule has 3 aliphatic rings. The van der Waals surface area contributed by atoms with Crippen molar-refractivity contribution in [2.45, 2.75) is 63.8 Å². The average molecular weight is 433 g/mol. The third kappa shape index (κ3) is 4.42. The highest BCUT2D eigenvalue weighted by atomic mass is 16.6. The number of rotatable bonds is 4. The van der Waals surface area contributed by atoms with Gasteiger partial charge < -0.3 is 19.3 Å². The second kappa shape index (κ2) is 8.18. The molecule has 170 valence electrons. The number of hydrogen-bond acceptors (Lipinski definition) is 7. The van der Waals surface area contributed by atoms with Crippen LogP contribution in [0.1, 0.15) is 40.0 Å². The van der Waals surface area contributed by atoms with E-state index in [1.165, 1.54) is 13.2 Å². The Kier molecular flexibility index (Phi) is 5.72. The van der Waals surface area contributed by atoms with E-state index < -0.39 is 10.5 Å². The molecule has 1 aromatic carbocycles. The van der Waals surface area contributed by atoms with Crippen molar-refractivity contribution in [3.8, 4) is 5.75 Å². The number of benzene rings is 1. The highest BCUT2D eigenvalue weighted by Crippen LogP contribution is 2.37. The number of anilines is 1.